The zero-order valence-electron chi connectivity index (χ0n) is 13.9. The summed E-state index contributed by atoms with van der Waals surface area (Å²) in [6, 6.07) is 5.34. The highest BCUT2D eigenvalue weighted by Gasteiger charge is 2.37. The van der Waals surface area contributed by atoms with E-state index in [0.717, 1.165) is 25.9 Å². The first kappa shape index (κ1) is 16.2. The van der Waals surface area contributed by atoms with E-state index in [0.29, 0.717) is 23.7 Å². The number of esters is 1. The molecule has 1 aromatic rings. The van der Waals surface area contributed by atoms with Gasteiger partial charge < -0.3 is 23.8 Å². The van der Waals surface area contributed by atoms with Crippen LogP contribution in [0.1, 0.15) is 25.7 Å². The maximum absolute atomic E-state index is 12.3. The molecule has 0 saturated carbocycles. The number of rotatable bonds is 4. The van der Waals surface area contributed by atoms with Gasteiger partial charge in [-0.3, -0.25) is 9.59 Å². The van der Waals surface area contributed by atoms with Gasteiger partial charge in [-0.25, -0.2) is 0 Å². The van der Waals surface area contributed by atoms with Crippen molar-refractivity contribution in [3.8, 4) is 11.5 Å². The number of nitrogens with zero attached hydrogens (tertiary/aromatic N) is 1. The van der Waals surface area contributed by atoms with Crippen LogP contribution >= 0.6 is 0 Å². The van der Waals surface area contributed by atoms with Crippen LogP contribution in [0.3, 0.4) is 0 Å². The normalized spacial score (nSPS) is 25.3. The van der Waals surface area contributed by atoms with E-state index in [1.165, 1.54) is 0 Å². The van der Waals surface area contributed by atoms with Crippen molar-refractivity contribution in [1.29, 1.82) is 0 Å². The van der Waals surface area contributed by atoms with Crippen molar-refractivity contribution in [1.82, 2.24) is 0 Å². The van der Waals surface area contributed by atoms with E-state index in [9.17, 15) is 9.59 Å². The fraction of sp³-hybridized carbons (Fsp3) is 0.556. The molecule has 1 aromatic carbocycles. The van der Waals surface area contributed by atoms with Crippen LogP contribution in [0.4, 0.5) is 5.69 Å². The van der Waals surface area contributed by atoms with Crippen LogP contribution in [0.5, 0.6) is 11.5 Å². The zero-order chi connectivity index (χ0) is 17.2. The summed E-state index contributed by atoms with van der Waals surface area (Å²) in [4.78, 5) is 26.2. The highest BCUT2D eigenvalue weighted by atomic mass is 16.7. The second-order valence-corrected chi connectivity index (χ2v) is 6.56. The molecule has 134 valence electrons. The molecule has 2 unspecified atom stereocenters. The first-order valence-corrected chi connectivity index (χ1v) is 8.69. The number of fused-ring (bicyclic) bond motifs is 1. The van der Waals surface area contributed by atoms with Gasteiger partial charge in [0, 0.05) is 31.3 Å². The van der Waals surface area contributed by atoms with Gasteiger partial charge >= 0.3 is 5.97 Å². The smallest absolute Gasteiger partial charge is 0.311 e. The van der Waals surface area contributed by atoms with Gasteiger partial charge in [-0.15, -0.1) is 0 Å². The summed E-state index contributed by atoms with van der Waals surface area (Å²) in [5, 5.41) is 0. The van der Waals surface area contributed by atoms with Crippen molar-refractivity contribution in [2.75, 3.05) is 31.5 Å². The van der Waals surface area contributed by atoms with E-state index in [1.807, 2.05) is 0 Å². The lowest BCUT2D eigenvalue weighted by Crippen LogP contribution is -2.29. The second kappa shape index (κ2) is 6.92. The summed E-state index contributed by atoms with van der Waals surface area (Å²) in [5.41, 5.74) is 0.708. The Kier molecular flexibility index (Phi) is 4.48. The van der Waals surface area contributed by atoms with Crippen molar-refractivity contribution in [3.63, 3.8) is 0 Å². The number of carbonyl (C=O) groups excluding carboxylic acids is 2. The number of hydrogen-bond donors (Lipinski definition) is 0. The molecule has 0 N–H and O–H groups in total. The van der Waals surface area contributed by atoms with Gasteiger partial charge in [0.1, 0.15) is 6.61 Å². The molecule has 0 bridgehead atoms. The minimum absolute atomic E-state index is 0.0141. The van der Waals surface area contributed by atoms with Gasteiger partial charge in [0.05, 0.1) is 12.0 Å². The number of hydrogen-bond acceptors (Lipinski definition) is 6. The Hall–Kier alpha value is -2.28. The molecule has 3 heterocycles. The number of ether oxygens (including phenoxy) is 4. The molecular formula is C18H21NO6. The molecule has 4 rings (SSSR count). The highest BCUT2D eigenvalue weighted by Crippen LogP contribution is 2.37. The van der Waals surface area contributed by atoms with Crippen LogP contribution in [0.15, 0.2) is 18.2 Å². The molecule has 0 spiro atoms. The fourth-order valence-corrected chi connectivity index (χ4v) is 3.40. The third-order valence-corrected chi connectivity index (χ3v) is 4.81. The molecule has 3 aliphatic rings. The monoisotopic (exact) mass is 347 g/mol. The first-order valence-electron chi connectivity index (χ1n) is 8.69. The number of anilines is 1. The average Bonchev–Trinajstić information content (AvgIpc) is 3.26. The summed E-state index contributed by atoms with van der Waals surface area (Å²) in [5.74, 6) is 0.423. The Bertz CT molecular complexity index is 670. The molecule has 0 aromatic heterocycles. The van der Waals surface area contributed by atoms with Crippen LogP contribution in [0.25, 0.3) is 0 Å². The maximum Gasteiger partial charge on any atom is 0.311 e. The molecule has 25 heavy (non-hydrogen) atoms. The first-order chi connectivity index (χ1) is 12.2. The maximum atomic E-state index is 12.3. The van der Waals surface area contributed by atoms with Crippen LogP contribution < -0.4 is 14.4 Å². The van der Waals surface area contributed by atoms with Gasteiger partial charge in [0.25, 0.3) is 0 Å². The van der Waals surface area contributed by atoms with Gasteiger partial charge in [-0.05, 0) is 31.4 Å². The van der Waals surface area contributed by atoms with E-state index in [1.54, 1.807) is 23.1 Å². The third kappa shape index (κ3) is 3.42. The topological polar surface area (TPSA) is 74.3 Å². The molecule has 2 atom stereocenters. The predicted molar refractivity (Wildman–Crippen MR) is 87.6 cm³/mol. The summed E-state index contributed by atoms with van der Waals surface area (Å²) in [6.07, 6.45) is 3.23. The standard InChI is InChI=1S/C18H21NO6/c20-17-7-12(18(21)23-10-14-3-1-2-6-22-14)9-19(17)13-4-5-15-16(8-13)25-11-24-15/h4-5,8,12,14H,1-3,6-7,9-11H2. The Morgan fingerprint density at radius 1 is 1.24 bits per heavy atom. The van der Waals surface area contributed by atoms with Gasteiger partial charge in [-0.1, -0.05) is 0 Å². The molecule has 2 saturated heterocycles. The van der Waals surface area contributed by atoms with Crippen molar-refractivity contribution >= 4 is 17.6 Å². The molecular weight excluding hydrogens is 326 g/mol. The number of carbonyl (C=O) groups is 2. The highest BCUT2D eigenvalue weighted by molar-refractivity contribution is 5.99. The Balaban J connectivity index is 1.35. The quantitative estimate of drug-likeness (QED) is 0.774. The lowest BCUT2D eigenvalue weighted by Gasteiger charge is -2.22. The van der Waals surface area contributed by atoms with E-state index < -0.39 is 5.92 Å². The van der Waals surface area contributed by atoms with Gasteiger partial charge in [0.2, 0.25) is 12.7 Å². The van der Waals surface area contributed by atoms with Crippen molar-refractivity contribution in [2.24, 2.45) is 5.92 Å². The van der Waals surface area contributed by atoms with Crippen LogP contribution in [-0.4, -0.2) is 44.5 Å². The summed E-state index contributed by atoms with van der Waals surface area (Å²) in [6.45, 7) is 1.50. The second-order valence-electron chi connectivity index (χ2n) is 6.56. The van der Waals surface area contributed by atoms with E-state index in [-0.39, 0.29) is 37.8 Å². The largest absolute Gasteiger partial charge is 0.463 e. The number of benzene rings is 1. The summed E-state index contributed by atoms with van der Waals surface area (Å²) >= 11 is 0. The van der Waals surface area contributed by atoms with E-state index >= 15 is 0 Å². The molecule has 1 amide bonds. The average molecular weight is 347 g/mol. The van der Waals surface area contributed by atoms with Crippen LogP contribution in [0, 0.1) is 5.92 Å². The molecule has 7 heteroatoms. The van der Waals surface area contributed by atoms with Crippen LogP contribution in [0.2, 0.25) is 0 Å². The van der Waals surface area contributed by atoms with Gasteiger partial charge in [0.15, 0.2) is 11.5 Å². The van der Waals surface area contributed by atoms with Crippen molar-refractivity contribution in [2.45, 2.75) is 31.8 Å². The van der Waals surface area contributed by atoms with Crippen molar-refractivity contribution < 1.29 is 28.5 Å². The molecule has 3 aliphatic heterocycles. The SMILES string of the molecule is O=C(OCC1CCCCO1)C1CC(=O)N(c2ccc3c(c2)OCO3)C1. The fourth-order valence-electron chi connectivity index (χ4n) is 3.40. The van der Waals surface area contributed by atoms with Gasteiger partial charge in [-0.2, -0.15) is 0 Å². The zero-order valence-corrected chi connectivity index (χ0v) is 13.9. The van der Waals surface area contributed by atoms with E-state index in [2.05, 4.69) is 0 Å². The lowest BCUT2D eigenvalue weighted by molar-refractivity contribution is -0.153. The Labute approximate surface area is 145 Å². The van der Waals surface area contributed by atoms with Crippen LogP contribution in [-0.2, 0) is 19.1 Å². The van der Waals surface area contributed by atoms with Crippen molar-refractivity contribution in [3.05, 3.63) is 18.2 Å². The molecule has 0 aliphatic carbocycles. The molecule has 7 nitrogen and oxygen atoms in total. The number of amides is 1. The molecule has 2 fully saturated rings. The predicted octanol–water partition coefficient (Wildman–Crippen LogP) is 1.88. The third-order valence-electron chi connectivity index (χ3n) is 4.81. The molecule has 0 radical (unpaired) electrons. The summed E-state index contributed by atoms with van der Waals surface area (Å²) < 4.78 is 21.6. The van der Waals surface area contributed by atoms with E-state index in [4.69, 9.17) is 18.9 Å². The minimum atomic E-state index is -0.443. The minimum Gasteiger partial charge on any atom is -0.463 e. The Morgan fingerprint density at radius 3 is 2.96 bits per heavy atom. The summed E-state index contributed by atoms with van der Waals surface area (Å²) in [7, 11) is 0. The Morgan fingerprint density at radius 2 is 2.12 bits per heavy atom. The lowest BCUT2D eigenvalue weighted by atomic mass is 10.1.